The zero-order valence-electron chi connectivity index (χ0n) is 23.0. The number of hydrogen-bond donors (Lipinski definition) is 1. The summed E-state index contributed by atoms with van der Waals surface area (Å²) in [7, 11) is 1.64. The Morgan fingerprint density at radius 2 is 1.63 bits per heavy atom. The quantitative estimate of drug-likeness (QED) is 0.210. The highest BCUT2D eigenvalue weighted by molar-refractivity contribution is 6.31. The van der Waals surface area contributed by atoms with Crippen molar-refractivity contribution in [3.8, 4) is 0 Å². The molecule has 6 nitrogen and oxygen atoms in total. The SMILES string of the molecule is CCOC(=N)CC1CCCCCC1.Cl.Cn1nc(CC2CCCCCC2)n(Cc2c(F)cccc2Cl)c1=O. The molecule has 0 saturated heterocycles. The Balaban J connectivity index is 0.000000309. The first-order chi connectivity index (χ1) is 17.9. The standard InChI is InChI=1S/C18H23ClFN3O.C11H21NO.ClH/c1-22-18(24)23(12-14-15(19)9-6-10-16(14)20)17(21-22)11-13-7-4-2-3-5-8-13;1-2-13-11(12)9-10-7-5-3-4-6-8-10;/h6,9-10,13H,2-5,7-8,11-12H2,1H3;10,12H,2-9H2,1H3;1H. The van der Waals surface area contributed by atoms with Crippen LogP contribution in [0.1, 0.15) is 102 Å². The van der Waals surface area contributed by atoms with Crippen molar-refractivity contribution in [3.05, 3.63) is 50.9 Å². The zero-order valence-corrected chi connectivity index (χ0v) is 24.6. The van der Waals surface area contributed by atoms with Gasteiger partial charge in [-0.15, -0.1) is 12.4 Å². The molecule has 0 bridgehead atoms. The third kappa shape index (κ3) is 10.0. The molecule has 2 aliphatic rings. The average Bonchev–Trinajstić information content (AvgIpc) is 3.15. The molecule has 1 heterocycles. The molecule has 214 valence electrons. The number of hydrogen-bond acceptors (Lipinski definition) is 4. The van der Waals surface area contributed by atoms with Gasteiger partial charge >= 0.3 is 5.69 Å². The number of halogens is 3. The van der Waals surface area contributed by atoms with Crippen LogP contribution in [0.4, 0.5) is 4.39 Å². The Morgan fingerprint density at radius 1 is 1.05 bits per heavy atom. The van der Waals surface area contributed by atoms with Crippen LogP contribution in [0.15, 0.2) is 23.0 Å². The minimum Gasteiger partial charge on any atom is -0.481 e. The van der Waals surface area contributed by atoms with Gasteiger partial charge in [0, 0.05) is 30.5 Å². The minimum atomic E-state index is -0.390. The molecule has 2 saturated carbocycles. The van der Waals surface area contributed by atoms with Gasteiger partial charge in [0.05, 0.1) is 13.2 Å². The second-order valence-corrected chi connectivity index (χ2v) is 11.0. The van der Waals surface area contributed by atoms with E-state index >= 15 is 0 Å². The molecule has 0 atom stereocenters. The molecular weight excluding hydrogens is 526 g/mol. The summed E-state index contributed by atoms with van der Waals surface area (Å²) in [6.45, 7) is 2.72. The second kappa shape index (κ2) is 17.0. The van der Waals surface area contributed by atoms with Crippen LogP contribution in [-0.4, -0.2) is 26.9 Å². The van der Waals surface area contributed by atoms with E-state index in [0.717, 1.165) is 24.6 Å². The lowest BCUT2D eigenvalue weighted by Crippen LogP contribution is -2.25. The molecular formula is C29H45Cl2FN4O2. The van der Waals surface area contributed by atoms with Crippen molar-refractivity contribution in [1.29, 1.82) is 5.41 Å². The fourth-order valence-corrected chi connectivity index (χ4v) is 5.82. The van der Waals surface area contributed by atoms with Gasteiger partial charge in [-0.3, -0.25) is 9.98 Å². The van der Waals surface area contributed by atoms with Gasteiger partial charge in [-0.2, -0.15) is 5.10 Å². The second-order valence-electron chi connectivity index (χ2n) is 10.6. The maximum atomic E-state index is 14.1. The summed E-state index contributed by atoms with van der Waals surface area (Å²) in [5, 5.41) is 12.3. The average molecular weight is 572 g/mol. The van der Waals surface area contributed by atoms with Crippen molar-refractivity contribution in [1.82, 2.24) is 14.3 Å². The third-order valence-corrected chi connectivity index (χ3v) is 8.03. The lowest BCUT2D eigenvalue weighted by atomic mass is 9.96. The molecule has 1 aromatic carbocycles. The van der Waals surface area contributed by atoms with Crippen LogP contribution in [0.3, 0.4) is 0 Å². The molecule has 4 rings (SSSR count). The summed E-state index contributed by atoms with van der Waals surface area (Å²) in [5.74, 6) is 2.10. The van der Waals surface area contributed by atoms with Gasteiger partial charge in [-0.25, -0.2) is 13.9 Å². The molecule has 38 heavy (non-hydrogen) atoms. The lowest BCUT2D eigenvalue weighted by molar-refractivity contribution is 0.299. The molecule has 9 heteroatoms. The number of nitrogens with zero attached hydrogens (tertiary/aromatic N) is 3. The maximum Gasteiger partial charge on any atom is 0.345 e. The molecule has 2 aliphatic carbocycles. The molecule has 1 aromatic heterocycles. The van der Waals surface area contributed by atoms with Crippen molar-refractivity contribution in [3.63, 3.8) is 0 Å². The first kappa shape index (κ1) is 32.4. The van der Waals surface area contributed by atoms with Gasteiger partial charge in [0.15, 0.2) is 5.90 Å². The van der Waals surface area contributed by atoms with E-state index in [-0.39, 0.29) is 24.6 Å². The first-order valence-electron chi connectivity index (χ1n) is 14.1. The highest BCUT2D eigenvalue weighted by atomic mass is 35.5. The molecule has 1 N–H and O–H groups in total. The molecule has 0 spiro atoms. The van der Waals surface area contributed by atoms with E-state index in [9.17, 15) is 9.18 Å². The highest BCUT2D eigenvalue weighted by Gasteiger charge is 2.20. The number of nitrogens with one attached hydrogen (secondary N) is 1. The monoisotopic (exact) mass is 570 g/mol. The third-order valence-electron chi connectivity index (χ3n) is 7.68. The van der Waals surface area contributed by atoms with Gasteiger partial charge in [0.1, 0.15) is 11.6 Å². The predicted molar refractivity (Wildman–Crippen MR) is 155 cm³/mol. The van der Waals surface area contributed by atoms with Crippen molar-refractivity contribution in [2.24, 2.45) is 18.9 Å². The topological polar surface area (TPSA) is 72.9 Å². The highest BCUT2D eigenvalue weighted by Crippen LogP contribution is 2.27. The Kier molecular flexibility index (Phi) is 14.4. The van der Waals surface area contributed by atoms with Crippen molar-refractivity contribution >= 4 is 29.9 Å². The van der Waals surface area contributed by atoms with E-state index in [0.29, 0.717) is 29.0 Å². The maximum absolute atomic E-state index is 14.1. The number of aromatic nitrogens is 3. The molecule has 0 radical (unpaired) electrons. The number of ether oxygens (including phenoxy) is 1. The lowest BCUT2D eigenvalue weighted by Gasteiger charge is -2.14. The van der Waals surface area contributed by atoms with Gasteiger partial charge in [-0.05, 0) is 43.7 Å². The Hall–Kier alpha value is -1.86. The molecule has 0 unspecified atom stereocenters. The van der Waals surface area contributed by atoms with E-state index in [1.165, 1.54) is 87.8 Å². The van der Waals surface area contributed by atoms with Crippen molar-refractivity contribution in [2.45, 2.75) is 103 Å². The Labute approximate surface area is 238 Å². The molecule has 0 amide bonds. The van der Waals surface area contributed by atoms with Crippen LogP contribution in [0.2, 0.25) is 5.02 Å². The zero-order chi connectivity index (χ0) is 26.6. The van der Waals surface area contributed by atoms with Gasteiger partial charge in [0.2, 0.25) is 0 Å². The van der Waals surface area contributed by atoms with Crippen LogP contribution in [0.5, 0.6) is 0 Å². The van der Waals surface area contributed by atoms with Gasteiger partial charge in [0.25, 0.3) is 0 Å². The van der Waals surface area contributed by atoms with E-state index in [4.69, 9.17) is 21.7 Å². The van der Waals surface area contributed by atoms with E-state index in [1.54, 1.807) is 23.7 Å². The summed E-state index contributed by atoms with van der Waals surface area (Å²) < 4.78 is 22.2. The van der Waals surface area contributed by atoms with E-state index in [1.807, 2.05) is 6.92 Å². The Morgan fingerprint density at radius 3 is 2.18 bits per heavy atom. The van der Waals surface area contributed by atoms with Crippen LogP contribution < -0.4 is 5.69 Å². The van der Waals surface area contributed by atoms with Crippen molar-refractivity contribution in [2.75, 3.05) is 6.61 Å². The molecule has 0 aliphatic heterocycles. The van der Waals surface area contributed by atoms with Gasteiger partial charge < -0.3 is 4.74 Å². The predicted octanol–water partition coefficient (Wildman–Crippen LogP) is 7.72. The largest absolute Gasteiger partial charge is 0.481 e. The Bertz CT molecular complexity index is 1020. The van der Waals surface area contributed by atoms with Crippen LogP contribution >= 0.6 is 24.0 Å². The van der Waals surface area contributed by atoms with Crippen molar-refractivity contribution < 1.29 is 9.13 Å². The summed E-state index contributed by atoms with van der Waals surface area (Å²) in [6, 6.07) is 4.58. The minimum absolute atomic E-state index is 0. The smallest absolute Gasteiger partial charge is 0.345 e. The fourth-order valence-electron chi connectivity index (χ4n) is 5.60. The van der Waals surface area contributed by atoms with Crippen LogP contribution in [0, 0.1) is 23.1 Å². The summed E-state index contributed by atoms with van der Waals surface area (Å²) in [4.78, 5) is 12.4. The number of benzene rings is 1. The molecule has 2 aromatic rings. The van der Waals surface area contributed by atoms with Crippen LogP contribution in [-0.2, 0) is 24.8 Å². The van der Waals surface area contributed by atoms with E-state index in [2.05, 4.69) is 5.10 Å². The normalized spacial score (nSPS) is 16.9. The van der Waals surface area contributed by atoms with E-state index < -0.39 is 5.82 Å². The number of aryl methyl sites for hydroxylation is 1. The molecule has 2 fully saturated rings. The fraction of sp³-hybridized carbons (Fsp3) is 0.690. The summed E-state index contributed by atoms with van der Waals surface area (Å²) >= 11 is 6.12. The van der Waals surface area contributed by atoms with Gasteiger partial charge in [-0.1, -0.05) is 81.9 Å². The summed E-state index contributed by atoms with van der Waals surface area (Å²) in [6.07, 6.45) is 17.1. The number of rotatable bonds is 7. The van der Waals surface area contributed by atoms with Crippen LogP contribution in [0.25, 0.3) is 0 Å². The first-order valence-corrected chi connectivity index (χ1v) is 14.5. The summed E-state index contributed by atoms with van der Waals surface area (Å²) in [5.41, 5.74) is 0.120.